The zero-order chi connectivity index (χ0) is 41.0. The van der Waals surface area contributed by atoms with Gasteiger partial charge in [0, 0.05) is 82.9 Å². The molecular formula is C42H49N11O6. The van der Waals surface area contributed by atoms with Gasteiger partial charge in [-0.3, -0.25) is 34.2 Å². The van der Waals surface area contributed by atoms with Crippen molar-refractivity contribution in [1.82, 2.24) is 30.0 Å². The Kier molecular flexibility index (Phi) is 9.83. The van der Waals surface area contributed by atoms with Crippen LogP contribution in [0.15, 0.2) is 48.7 Å². The van der Waals surface area contributed by atoms with Crippen molar-refractivity contribution in [3.05, 3.63) is 65.5 Å². The number of carbonyl (C=O) groups excluding carboxylic acids is 6. The summed E-state index contributed by atoms with van der Waals surface area (Å²) in [5, 5.41) is 5.53. The zero-order valence-corrected chi connectivity index (χ0v) is 33.2. The fourth-order valence-corrected chi connectivity index (χ4v) is 9.75. The number of likely N-dealkylation sites (N-methyl/N-ethyl adjacent to an activating group) is 1. The highest BCUT2D eigenvalue weighted by atomic mass is 16.2. The molecule has 17 heteroatoms. The van der Waals surface area contributed by atoms with E-state index in [0.29, 0.717) is 35.9 Å². The number of carbonyl (C=O) groups is 6. The molecule has 308 valence electrons. The van der Waals surface area contributed by atoms with E-state index in [1.807, 2.05) is 30.1 Å². The van der Waals surface area contributed by atoms with Crippen molar-refractivity contribution in [2.45, 2.75) is 63.5 Å². The molecular weight excluding hydrogens is 755 g/mol. The first kappa shape index (κ1) is 38.3. The zero-order valence-electron chi connectivity index (χ0n) is 33.2. The minimum absolute atomic E-state index is 0.0557. The molecule has 4 N–H and O–H groups in total. The first-order chi connectivity index (χ1) is 28.5. The topological polar surface area (TPSA) is 198 Å². The summed E-state index contributed by atoms with van der Waals surface area (Å²) in [7, 11) is 1.83. The summed E-state index contributed by atoms with van der Waals surface area (Å²) < 4.78 is 0. The van der Waals surface area contributed by atoms with E-state index in [0.717, 1.165) is 99.8 Å². The second-order valence-corrected chi connectivity index (χ2v) is 16.8. The van der Waals surface area contributed by atoms with Gasteiger partial charge >= 0.3 is 6.03 Å². The third-order valence-electron chi connectivity index (χ3n) is 13.3. The highest BCUT2D eigenvalue weighted by molar-refractivity contribution is 6.23. The van der Waals surface area contributed by atoms with Gasteiger partial charge in [0.25, 0.3) is 17.7 Å². The molecule has 1 unspecified atom stereocenters. The van der Waals surface area contributed by atoms with Gasteiger partial charge < -0.3 is 35.6 Å². The molecule has 17 nitrogen and oxygen atoms in total. The number of benzene rings is 2. The summed E-state index contributed by atoms with van der Waals surface area (Å²) in [6, 6.07) is 12.6. The molecule has 6 aliphatic heterocycles. The van der Waals surface area contributed by atoms with Gasteiger partial charge in [0.05, 0.1) is 23.4 Å². The van der Waals surface area contributed by atoms with E-state index < -0.39 is 35.6 Å². The third kappa shape index (κ3) is 7.16. The number of piperidine rings is 4. The van der Waals surface area contributed by atoms with Gasteiger partial charge in [0.15, 0.2) is 11.5 Å². The smallest absolute Gasteiger partial charge is 0.320 e. The molecule has 2 aromatic carbocycles. The van der Waals surface area contributed by atoms with E-state index in [1.54, 1.807) is 23.2 Å². The molecule has 7 amide bonds. The maximum absolute atomic E-state index is 13.4. The normalized spacial score (nSPS) is 23.3. The van der Waals surface area contributed by atoms with E-state index in [-0.39, 0.29) is 36.0 Å². The van der Waals surface area contributed by atoms with Crippen LogP contribution in [0.5, 0.6) is 0 Å². The summed E-state index contributed by atoms with van der Waals surface area (Å²) in [6.07, 6.45) is 7.80. The molecule has 5 fully saturated rings. The van der Waals surface area contributed by atoms with Crippen LogP contribution in [0.4, 0.5) is 33.5 Å². The number of urea groups is 1. The van der Waals surface area contributed by atoms with Gasteiger partial charge in [0.2, 0.25) is 11.8 Å². The Morgan fingerprint density at radius 2 is 1.49 bits per heavy atom. The highest BCUT2D eigenvalue weighted by Crippen LogP contribution is 2.44. The van der Waals surface area contributed by atoms with Crippen molar-refractivity contribution in [2.75, 3.05) is 79.4 Å². The SMILES string of the molecule is CN1CCN([C@@H]2CCCN(c3cnc(C(N)=O)c(Nc4ccc(N5CCC6(CC5)CCN(c5ccc7c(c5)C(=O)N(C5CCC(=O)NC5=O)C7=O)CC6)cc4)n3)C2)C1=O. The molecule has 0 saturated carbocycles. The minimum atomic E-state index is -0.981. The number of anilines is 5. The molecule has 59 heavy (non-hydrogen) atoms. The first-order valence-electron chi connectivity index (χ1n) is 20.6. The average Bonchev–Trinajstić information content (AvgIpc) is 3.71. The van der Waals surface area contributed by atoms with Crippen LogP contribution in [0, 0.1) is 5.41 Å². The van der Waals surface area contributed by atoms with Crippen LogP contribution in [0.3, 0.4) is 0 Å². The maximum atomic E-state index is 13.4. The molecule has 1 aromatic heterocycles. The number of rotatable bonds is 8. The monoisotopic (exact) mass is 803 g/mol. The second kappa shape index (κ2) is 15.2. The van der Waals surface area contributed by atoms with E-state index >= 15 is 0 Å². The molecule has 0 radical (unpaired) electrons. The number of hydrogen-bond donors (Lipinski definition) is 3. The molecule has 0 aliphatic carbocycles. The largest absolute Gasteiger partial charge is 0.371 e. The van der Waals surface area contributed by atoms with Crippen LogP contribution in [0.25, 0.3) is 0 Å². The lowest BCUT2D eigenvalue weighted by atomic mass is 9.71. The van der Waals surface area contributed by atoms with E-state index in [9.17, 15) is 28.8 Å². The molecule has 0 bridgehead atoms. The van der Waals surface area contributed by atoms with Crippen LogP contribution >= 0.6 is 0 Å². The second-order valence-electron chi connectivity index (χ2n) is 16.8. The number of aromatic nitrogens is 2. The molecule has 5 saturated heterocycles. The van der Waals surface area contributed by atoms with Gasteiger partial charge in [0.1, 0.15) is 11.9 Å². The minimum Gasteiger partial charge on any atom is -0.371 e. The summed E-state index contributed by atoms with van der Waals surface area (Å²) in [4.78, 5) is 96.5. The lowest BCUT2D eigenvalue weighted by Crippen LogP contribution is -2.54. The van der Waals surface area contributed by atoms with E-state index in [1.165, 1.54) is 0 Å². The molecule has 2 atom stereocenters. The van der Waals surface area contributed by atoms with Crippen molar-refractivity contribution in [2.24, 2.45) is 11.1 Å². The van der Waals surface area contributed by atoms with Crippen LogP contribution in [0.2, 0.25) is 0 Å². The molecule has 6 aliphatic rings. The fraction of sp³-hybridized carbons (Fsp3) is 0.476. The van der Waals surface area contributed by atoms with Crippen molar-refractivity contribution >= 4 is 64.3 Å². The maximum Gasteiger partial charge on any atom is 0.320 e. The molecule has 3 aromatic rings. The standard InChI is InChI=1S/C42H49N11O6/c1-48-21-22-52(41(48)59)29-3-2-16-51(25-29)33-24-44-35(36(43)55)37(46-33)45-26-4-6-27(7-5-26)49-17-12-42(13-18-49)14-19-50(20-15-42)28-8-9-30-31(23-28)40(58)53(39(30)57)32-10-11-34(54)47-38(32)56/h4-9,23-24,29,32H,2-3,10-22,25H2,1H3,(H2,43,55)(H,45,46)(H,47,54,56)/t29-,32?/m1/s1. The van der Waals surface area contributed by atoms with Crippen molar-refractivity contribution < 1.29 is 28.8 Å². The number of imide groups is 2. The molecule has 9 rings (SSSR count). The number of nitrogens with one attached hydrogen (secondary N) is 2. The number of hydrogen-bond acceptors (Lipinski definition) is 12. The predicted molar refractivity (Wildman–Crippen MR) is 219 cm³/mol. The van der Waals surface area contributed by atoms with Crippen LogP contribution in [0.1, 0.15) is 82.6 Å². The summed E-state index contributed by atoms with van der Waals surface area (Å²) in [6.45, 7) is 6.37. The number of nitrogens with two attached hydrogens (primary N) is 1. The number of primary amides is 1. The van der Waals surface area contributed by atoms with Gasteiger partial charge in [-0.05, 0) is 92.8 Å². The average molecular weight is 804 g/mol. The van der Waals surface area contributed by atoms with Gasteiger partial charge in [-0.15, -0.1) is 0 Å². The van der Waals surface area contributed by atoms with Crippen molar-refractivity contribution in [3.63, 3.8) is 0 Å². The summed E-state index contributed by atoms with van der Waals surface area (Å²) in [5.74, 6) is -1.74. The van der Waals surface area contributed by atoms with Crippen LogP contribution < -0.4 is 31.1 Å². The highest BCUT2D eigenvalue weighted by Gasteiger charge is 2.45. The Bertz CT molecular complexity index is 2210. The van der Waals surface area contributed by atoms with Crippen molar-refractivity contribution in [3.8, 4) is 0 Å². The fourth-order valence-electron chi connectivity index (χ4n) is 9.75. The third-order valence-corrected chi connectivity index (χ3v) is 13.3. The van der Waals surface area contributed by atoms with Crippen LogP contribution in [-0.4, -0.2) is 132 Å². The summed E-state index contributed by atoms with van der Waals surface area (Å²) in [5.41, 5.74) is 9.36. The van der Waals surface area contributed by atoms with Gasteiger partial charge in [-0.2, -0.15) is 0 Å². The Balaban J connectivity index is 0.798. The van der Waals surface area contributed by atoms with Gasteiger partial charge in [-0.1, -0.05) is 0 Å². The number of amides is 7. The van der Waals surface area contributed by atoms with Crippen molar-refractivity contribution in [1.29, 1.82) is 0 Å². The number of nitrogens with zero attached hydrogens (tertiary/aromatic N) is 8. The summed E-state index contributed by atoms with van der Waals surface area (Å²) >= 11 is 0. The van der Waals surface area contributed by atoms with E-state index in [2.05, 4.69) is 42.5 Å². The Hall–Kier alpha value is -6.26. The first-order valence-corrected chi connectivity index (χ1v) is 20.6. The lowest BCUT2D eigenvalue weighted by Gasteiger charge is -2.48. The lowest BCUT2D eigenvalue weighted by molar-refractivity contribution is -0.136. The van der Waals surface area contributed by atoms with E-state index in [4.69, 9.17) is 10.7 Å². The Morgan fingerprint density at radius 3 is 2.15 bits per heavy atom. The van der Waals surface area contributed by atoms with Crippen LogP contribution in [-0.2, 0) is 9.59 Å². The Morgan fingerprint density at radius 1 is 0.814 bits per heavy atom. The molecule has 1 spiro atoms. The molecule has 7 heterocycles. The number of fused-ring (bicyclic) bond motifs is 1. The predicted octanol–water partition coefficient (Wildman–Crippen LogP) is 2.94. The van der Waals surface area contributed by atoms with Gasteiger partial charge in [-0.25, -0.2) is 14.8 Å². The Labute approximate surface area is 341 Å². The quantitative estimate of drug-likeness (QED) is 0.282.